The molecule has 0 saturated carbocycles. The quantitative estimate of drug-likeness (QED) is 0.436. The number of ether oxygens (including phenoxy) is 4. The molecule has 1 aliphatic carbocycles. The van der Waals surface area contributed by atoms with Crippen LogP contribution < -0.4 is 15.2 Å². The summed E-state index contributed by atoms with van der Waals surface area (Å²) >= 11 is 3.58. The van der Waals surface area contributed by atoms with E-state index in [1.54, 1.807) is 24.3 Å². The Morgan fingerprint density at radius 2 is 1.84 bits per heavy atom. The third-order valence-electron chi connectivity index (χ3n) is 6.16. The standard InChI is InChI=1S/C27H26BrNO8/c1-3-35-20-11-16(17(28)12-21(20)36-13-14-7-9-15(10-8-14)26(31)32)22-23-18(30)5-4-6-19(23)37-25(29)24(22)27(33)34-2/h7-12,22H,3-6,13,29H2,1-2H3,(H,31,32)/t22-/m1/s1. The molecule has 1 heterocycles. The number of esters is 1. The number of carboxylic acid groups (broad SMARTS) is 1. The smallest absolute Gasteiger partial charge is 0.340 e. The maximum atomic E-state index is 13.0. The lowest BCUT2D eigenvalue weighted by Gasteiger charge is -2.33. The van der Waals surface area contributed by atoms with Crippen LogP contribution in [0.5, 0.6) is 11.5 Å². The van der Waals surface area contributed by atoms with Crippen LogP contribution in [0.25, 0.3) is 0 Å². The predicted molar refractivity (Wildman–Crippen MR) is 136 cm³/mol. The molecule has 0 unspecified atom stereocenters. The normalized spacial score (nSPS) is 17.2. The van der Waals surface area contributed by atoms with Crippen molar-refractivity contribution in [3.8, 4) is 11.5 Å². The van der Waals surface area contributed by atoms with E-state index in [1.165, 1.54) is 19.2 Å². The number of Topliss-reactive ketones (excluding diaryl/α,β-unsaturated/α-hetero) is 1. The summed E-state index contributed by atoms with van der Waals surface area (Å²) in [7, 11) is 1.24. The zero-order chi connectivity index (χ0) is 26.7. The molecule has 2 aromatic rings. The first-order valence-electron chi connectivity index (χ1n) is 11.7. The van der Waals surface area contributed by atoms with Crippen molar-refractivity contribution >= 4 is 33.7 Å². The number of aromatic carboxylic acids is 1. The molecule has 1 aliphatic heterocycles. The Morgan fingerprint density at radius 1 is 1.14 bits per heavy atom. The summed E-state index contributed by atoms with van der Waals surface area (Å²) in [4.78, 5) is 36.9. The van der Waals surface area contributed by atoms with Gasteiger partial charge in [0.15, 0.2) is 17.3 Å². The van der Waals surface area contributed by atoms with Crippen LogP contribution in [0.2, 0.25) is 0 Å². The largest absolute Gasteiger partial charge is 0.490 e. The van der Waals surface area contributed by atoms with Gasteiger partial charge in [-0.2, -0.15) is 0 Å². The van der Waals surface area contributed by atoms with Gasteiger partial charge < -0.3 is 29.8 Å². The number of methoxy groups -OCH3 is 1. The van der Waals surface area contributed by atoms with Crippen molar-refractivity contribution < 1.29 is 38.4 Å². The number of allylic oxidation sites excluding steroid dienone is 2. The first-order valence-corrected chi connectivity index (χ1v) is 12.5. The lowest BCUT2D eigenvalue weighted by molar-refractivity contribution is -0.136. The fraction of sp³-hybridized carbons (Fsp3) is 0.296. The van der Waals surface area contributed by atoms with Crippen molar-refractivity contribution in [2.75, 3.05) is 13.7 Å². The minimum absolute atomic E-state index is 0.0480. The van der Waals surface area contributed by atoms with Gasteiger partial charge in [0, 0.05) is 22.9 Å². The third kappa shape index (κ3) is 5.34. The predicted octanol–water partition coefficient (Wildman–Crippen LogP) is 4.59. The number of hydrogen-bond acceptors (Lipinski definition) is 8. The van der Waals surface area contributed by atoms with E-state index < -0.39 is 17.9 Å². The Kier molecular flexibility index (Phi) is 7.87. The van der Waals surface area contributed by atoms with Gasteiger partial charge in [-0.25, -0.2) is 9.59 Å². The summed E-state index contributed by atoms with van der Waals surface area (Å²) in [6, 6.07) is 9.79. The van der Waals surface area contributed by atoms with Gasteiger partial charge in [0.25, 0.3) is 0 Å². The van der Waals surface area contributed by atoms with Crippen molar-refractivity contribution in [3.05, 3.63) is 80.3 Å². The monoisotopic (exact) mass is 571 g/mol. The van der Waals surface area contributed by atoms with Gasteiger partial charge in [-0.15, -0.1) is 0 Å². The van der Waals surface area contributed by atoms with Crippen LogP contribution in [0.4, 0.5) is 0 Å². The van der Waals surface area contributed by atoms with Crippen LogP contribution in [0, 0.1) is 0 Å². The van der Waals surface area contributed by atoms with Gasteiger partial charge in [0.05, 0.1) is 25.2 Å². The number of rotatable bonds is 8. The summed E-state index contributed by atoms with van der Waals surface area (Å²) < 4.78 is 23.1. The Labute approximate surface area is 222 Å². The van der Waals surface area contributed by atoms with E-state index in [2.05, 4.69) is 15.9 Å². The molecule has 0 aromatic heterocycles. The number of carboxylic acids is 1. The van der Waals surface area contributed by atoms with E-state index in [0.29, 0.717) is 58.7 Å². The Balaban J connectivity index is 1.74. The molecule has 1 atom stereocenters. The van der Waals surface area contributed by atoms with E-state index in [0.717, 1.165) is 5.56 Å². The summed E-state index contributed by atoms with van der Waals surface area (Å²) in [6.45, 7) is 2.33. The molecule has 3 N–H and O–H groups in total. The lowest BCUT2D eigenvalue weighted by Crippen LogP contribution is -2.31. The second-order valence-electron chi connectivity index (χ2n) is 8.46. The van der Waals surface area contributed by atoms with Gasteiger partial charge in [0.1, 0.15) is 17.9 Å². The van der Waals surface area contributed by atoms with E-state index in [1.807, 2.05) is 6.92 Å². The van der Waals surface area contributed by atoms with Gasteiger partial charge >= 0.3 is 11.9 Å². The minimum Gasteiger partial charge on any atom is -0.490 e. The summed E-state index contributed by atoms with van der Waals surface area (Å²) in [6.07, 6.45) is 1.51. The highest BCUT2D eigenvalue weighted by Crippen LogP contribution is 2.48. The van der Waals surface area contributed by atoms with Crippen LogP contribution >= 0.6 is 15.9 Å². The molecule has 10 heteroatoms. The second kappa shape index (κ2) is 11.1. The van der Waals surface area contributed by atoms with Crippen LogP contribution in [0.15, 0.2) is 63.7 Å². The van der Waals surface area contributed by atoms with Crippen molar-refractivity contribution in [1.82, 2.24) is 0 Å². The molecule has 0 saturated heterocycles. The van der Waals surface area contributed by atoms with E-state index >= 15 is 0 Å². The number of benzene rings is 2. The number of nitrogens with two attached hydrogens (primary N) is 1. The van der Waals surface area contributed by atoms with E-state index in [4.69, 9.17) is 29.8 Å². The molecule has 0 bridgehead atoms. The summed E-state index contributed by atoms with van der Waals surface area (Å²) in [5, 5.41) is 9.09. The fourth-order valence-corrected chi connectivity index (χ4v) is 4.99. The topological polar surface area (TPSA) is 134 Å². The second-order valence-corrected chi connectivity index (χ2v) is 9.32. The first-order chi connectivity index (χ1) is 17.7. The van der Waals surface area contributed by atoms with Gasteiger partial charge in [-0.05, 0) is 48.7 Å². The lowest BCUT2D eigenvalue weighted by atomic mass is 9.77. The number of carbonyl (C=O) groups excluding carboxylic acids is 2. The number of carbonyl (C=O) groups is 3. The zero-order valence-electron chi connectivity index (χ0n) is 20.3. The Hall–Kier alpha value is -3.79. The van der Waals surface area contributed by atoms with Crippen molar-refractivity contribution in [1.29, 1.82) is 0 Å². The molecule has 0 amide bonds. The van der Waals surface area contributed by atoms with Crippen molar-refractivity contribution in [2.24, 2.45) is 5.73 Å². The molecule has 2 aliphatic rings. The van der Waals surface area contributed by atoms with Crippen LogP contribution in [-0.4, -0.2) is 36.5 Å². The zero-order valence-corrected chi connectivity index (χ0v) is 21.9. The highest BCUT2D eigenvalue weighted by molar-refractivity contribution is 9.10. The van der Waals surface area contributed by atoms with Crippen molar-refractivity contribution in [2.45, 2.75) is 38.7 Å². The average Bonchev–Trinajstić information content (AvgIpc) is 2.88. The fourth-order valence-electron chi connectivity index (χ4n) is 4.43. The van der Waals surface area contributed by atoms with Crippen molar-refractivity contribution in [3.63, 3.8) is 0 Å². The minimum atomic E-state index is -1.01. The van der Waals surface area contributed by atoms with E-state index in [9.17, 15) is 14.4 Å². The SMILES string of the molecule is CCOc1cc([C@H]2C(C(=O)OC)=C(N)OC3=C2C(=O)CCC3)c(Br)cc1OCc1ccc(C(=O)O)cc1. The molecular weight excluding hydrogens is 546 g/mol. The molecule has 4 rings (SSSR count). The molecule has 37 heavy (non-hydrogen) atoms. The number of hydrogen-bond donors (Lipinski definition) is 2. The van der Waals surface area contributed by atoms with Crippen LogP contribution in [-0.2, 0) is 25.7 Å². The van der Waals surface area contributed by atoms with Gasteiger partial charge in [-0.1, -0.05) is 28.1 Å². The summed E-state index contributed by atoms with van der Waals surface area (Å²) in [5.41, 5.74) is 8.12. The molecule has 0 fully saturated rings. The van der Waals surface area contributed by atoms with Crippen LogP contribution in [0.1, 0.15) is 53.6 Å². The first kappa shape index (κ1) is 26.3. The molecule has 194 valence electrons. The third-order valence-corrected chi connectivity index (χ3v) is 6.85. The summed E-state index contributed by atoms with van der Waals surface area (Å²) in [5.74, 6) is -1.43. The number of ketones is 1. The van der Waals surface area contributed by atoms with Gasteiger partial charge in [-0.3, -0.25) is 4.79 Å². The molecule has 9 nitrogen and oxygen atoms in total. The average molecular weight is 572 g/mol. The van der Waals surface area contributed by atoms with Gasteiger partial charge in [0.2, 0.25) is 5.88 Å². The van der Waals surface area contributed by atoms with Crippen LogP contribution in [0.3, 0.4) is 0 Å². The maximum Gasteiger partial charge on any atom is 0.340 e. The Morgan fingerprint density at radius 3 is 2.49 bits per heavy atom. The molecule has 0 spiro atoms. The van der Waals surface area contributed by atoms with E-state index in [-0.39, 0.29) is 29.4 Å². The highest BCUT2D eigenvalue weighted by Gasteiger charge is 2.42. The Bertz CT molecular complexity index is 1310. The molecular formula is C27H26BrNO8. The molecule has 2 aromatic carbocycles. The highest BCUT2D eigenvalue weighted by atomic mass is 79.9. The number of halogens is 1. The molecule has 0 radical (unpaired) electrons. The maximum absolute atomic E-state index is 13.0.